The number of hydrogen-bond donors (Lipinski definition) is 2. The summed E-state index contributed by atoms with van der Waals surface area (Å²) in [5.74, 6) is 0.0136. The van der Waals surface area contributed by atoms with Gasteiger partial charge in [0.05, 0.1) is 29.8 Å². The number of rotatable bonds is 7. The van der Waals surface area contributed by atoms with E-state index in [0.29, 0.717) is 24.4 Å². The van der Waals surface area contributed by atoms with E-state index in [-0.39, 0.29) is 18.3 Å². The molecule has 1 heterocycles. The molecule has 134 valence electrons. The average Bonchev–Trinajstić information content (AvgIpc) is 3.15. The predicted octanol–water partition coefficient (Wildman–Crippen LogP) is 2.28. The maximum absolute atomic E-state index is 12.8. The third-order valence-electron chi connectivity index (χ3n) is 3.74. The van der Waals surface area contributed by atoms with E-state index < -0.39 is 0 Å². The molecule has 7 heteroatoms. The smallest absolute Gasteiger partial charge is 0.253 e. The number of benzene rings is 2. The van der Waals surface area contributed by atoms with Crippen molar-refractivity contribution in [1.29, 1.82) is 0 Å². The van der Waals surface area contributed by atoms with Gasteiger partial charge in [0, 0.05) is 12.7 Å². The lowest BCUT2D eigenvalue weighted by Gasteiger charge is -2.11. The van der Waals surface area contributed by atoms with Crippen LogP contribution in [0.25, 0.3) is 5.69 Å². The molecule has 0 atom stereocenters. The fourth-order valence-corrected chi connectivity index (χ4v) is 2.45. The number of nitrogens with two attached hydrogens (primary N) is 1. The highest BCUT2D eigenvalue weighted by Gasteiger charge is 2.12. The second kappa shape index (κ2) is 8.26. The molecule has 0 unspecified atom stereocenters. The number of ether oxygens (including phenoxy) is 1. The van der Waals surface area contributed by atoms with E-state index in [1.807, 2.05) is 12.1 Å². The van der Waals surface area contributed by atoms with Gasteiger partial charge in [-0.05, 0) is 36.4 Å². The van der Waals surface area contributed by atoms with Crippen LogP contribution < -0.4 is 15.8 Å². The third kappa shape index (κ3) is 4.25. The van der Waals surface area contributed by atoms with Gasteiger partial charge in [-0.15, -0.1) is 0 Å². The summed E-state index contributed by atoms with van der Waals surface area (Å²) in [6, 6.07) is 13.0. The number of halogens is 1. The van der Waals surface area contributed by atoms with Crippen LogP contribution in [0.5, 0.6) is 5.75 Å². The Labute approximate surface area is 150 Å². The lowest BCUT2D eigenvalue weighted by Crippen LogP contribution is -2.29. The minimum Gasteiger partial charge on any atom is -0.492 e. The lowest BCUT2D eigenvalue weighted by atomic mass is 10.1. The van der Waals surface area contributed by atoms with Gasteiger partial charge in [-0.3, -0.25) is 4.79 Å². The molecule has 0 aliphatic carbocycles. The fourth-order valence-electron chi connectivity index (χ4n) is 2.45. The zero-order chi connectivity index (χ0) is 18.4. The molecular weight excluding hydrogens is 335 g/mol. The molecule has 0 fully saturated rings. The van der Waals surface area contributed by atoms with Crippen LogP contribution >= 0.6 is 0 Å². The summed E-state index contributed by atoms with van der Waals surface area (Å²) in [5.41, 5.74) is 7.57. The molecule has 6 nitrogen and oxygen atoms in total. The standard InChI is InChI=1S/C19H19FN4O2/c20-14-5-7-16(8-6-14)26-10-9-22-19(25)17-3-1-2-4-18(17)24-12-15(11-21)23-13-24/h1-8,12-13H,9-11,21H2,(H,22,25). The van der Waals surface area contributed by atoms with Gasteiger partial charge in [0.2, 0.25) is 0 Å². The van der Waals surface area contributed by atoms with Crippen LogP contribution in [-0.2, 0) is 6.54 Å². The second-order valence-corrected chi connectivity index (χ2v) is 5.55. The second-order valence-electron chi connectivity index (χ2n) is 5.55. The summed E-state index contributed by atoms with van der Waals surface area (Å²) in [6.45, 7) is 0.937. The molecule has 2 aromatic carbocycles. The topological polar surface area (TPSA) is 82.2 Å². The molecule has 0 aliphatic rings. The monoisotopic (exact) mass is 354 g/mol. The zero-order valence-corrected chi connectivity index (χ0v) is 14.1. The van der Waals surface area contributed by atoms with E-state index in [9.17, 15) is 9.18 Å². The van der Waals surface area contributed by atoms with Crippen molar-refractivity contribution in [2.24, 2.45) is 5.73 Å². The first-order chi connectivity index (χ1) is 12.7. The highest BCUT2D eigenvalue weighted by atomic mass is 19.1. The number of hydrogen-bond acceptors (Lipinski definition) is 4. The first-order valence-electron chi connectivity index (χ1n) is 8.16. The van der Waals surface area contributed by atoms with Gasteiger partial charge in [0.25, 0.3) is 5.91 Å². The molecule has 3 N–H and O–H groups in total. The van der Waals surface area contributed by atoms with Crippen molar-refractivity contribution >= 4 is 5.91 Å². The maximum Gasteiger partial charge on any atom is 0.253 e. The fraction of sp³-hybridized carbons (Fsp3) is 0.158. The van der Waals surface area contributed by atoms with Gasteiger partial charge in [-0.2, -0.15) is 0 Å². The Morgan fingerprint density at radius 1 is 1.19 bits per heavy atom. The number of nitrogens with one attached hydrogen (secondary N) is 1. The number of carbonyl (C=O) groups excluding carboxylic acids is 1. The molecular formula is C19H19FN4O2. The molecule has 26 heavy (non-hydrogen) atoms. The Morgan fingerprint density at radius 2 is 1.96 bits per heavy atom. The minimum atomic E-state index is -0.320. The molecule has 1 amide bonds. The van der Waals surface area contributed by atoms with Crippen LogP contribution in [-0.4, -0.2) is 28.6 Å². The van der Waals surface area contributed by atoms with Crippen molar-refractivity contribution in [3.63, 3.8) is 0 Å². The molecule has 0 aliphatic heterocycles. The Kier molecular flexibility index (Phi) is 5.60. The number of imidazole rings is 1. The summed E-state index contributed by atoms with van der Waals surface area (Å²) >= 11 is 0. The van der Waals surface area contributed by atoms with Gasteiger partial charge < -0.3 is 20.4 Å². The van der Waals surface area contributed by atoms with Crippen molar-refractivity contribution in [2.75, 3.05) is 13.2 Å². The van der Waals surface area contributed by atoms with E-state index in [1.54, 1.807) is 41.4 Å². The van der Waals surface area contributed by atoms with E-state index in [4.69, 9.17) is 10.5 Å². The van der Waals surface area contributed by atoms with Crippen molar-refractivity contribution in [2.45, 2.75) is 6.54 Å². The highest BCUT2D eigenvalue weighted by molar-refractivity contribution is 5.97. The van der Waals surface area contributed by atoms with Gasteiger partial charge >= 0.3 is 0 Å². The van der Waals surface area contributed by atoms with Gasteiger partial charge in [-0.25, -0.2) is 9.37 Å². The van der Waals surface area contributed by atoms with Crippen LogP contribution in [0.4, 0.5) is 4.39 Å². The van der Waals surface area contributed by atoms with E-state index in [0.717, 1.165) is 11.4 Å². The van der Waals surface area contributed by atoms with Crippen LogP contribution in [0.15, 0.2) is 61.1 Å². The summed E-state index contributed by atoms with van der Waals surface area (Å²) in [5, 5.41) is 2.82. The molecule has 0 bridgehead atoms. The first kappa shape index (κ1) is 17.6. The number of aromatic nitrogens is 2. The first-order valence-corrected chi connectivity index (χ1v) is 8.16. The normalized spacial score (nSPS) is 10.5. The largest absolute Gasteiger partial charge is 0.492 e. The highest BCUT2D eigenvalue weighted by Crippen LogP contribution is 2.15. The molecule has 0 spiro atoms. The Bertz CT molecular complexity index is 877. The predicted molar refractivity (Wildman–Crippen MR) is 95.7 cm³/mol. The SMILES string of the molecule is NCc1cn(-c2ccccc2C(=O)NCCOc2ccc(F)cc2)cn1. The molecule has 0 saturated heterocycles. The average molecular weight is 354 g/mol. The maximum atomic E-state index is 12.8. The van der Waals surface area contributed by atoms with E-state index in [1.165, 1.54) is 12.1 Å². The number of para-hydroxylation sites is 1. The molecule has 0 radical (unpaired) electrons. The van der Waals surface area contributed by atoms with Crippen LogP contribution in [0.3, 0.4) is 0 Å². The Morgan fingerprint density at radius 3 is 2.69 bits per heavy atom. The Balaban J connectivity index is 1.60. The molecule has 3 aromatic rings. The number of amides is 1. The molecule has 0 saturated carbocycles. The summed E-state index contributed by atoms with van der Waals surface area (Å²) in [6.07, 6.45) is 3.43. The molecule has 1 aromatic heterocycles. The van der Waals surface area contributed by atoms with Crippen molar-refractivity contribution < 1.29 is 13.9 Å². The summed E-state index contributed by atoms with van der Waals surface area (Å²) in [7, 11) is 0. The third-order valence-corrected chi connectivity index (χ3v) is 3.74. The van der Waals surface area contributed by atoms with Crippen molar-refractivity contribution in [3.8, 4) is 11.4 Å². The summed E-state index contributed by atoms with van der Waals surface area (Å²) < 4.78 is 20.1. The number of carbonyl (C=O) groups is 1. The van der Waals surface area contributed by atoms with E-state index >= 15 is 0 Å². The minimum absolute atomic E-state index is 0.216. The molecule has 3 rings (SSSR count). The van der Waals surface area contributed by atoms with Crippen LogP contribution in [0, 0.1) is 5.82 Å². The van der Waals surface area contributed by atoms with Crippen molar-refractivity contribution in [1.82, 2.24) is 14.9 Å². The van der Waals surface area contributed by atoms with Gasteiger partial charge in [0.1, 0.15) is 18.2 Å². The lowest BCUT2D eigenvalue weighted by molar-refractivity contribution is 0.0947. The van der Waals surface area contributed by atoms with Gasteiger partial charge in [0.15, 0.2) is 0 Å². The number of nitrogens with zero attached hydrogens (tertiary/aromatic N) is 2. The quantitative estimate of drug-likeness (QED) is 0.638. The van der Waals surface area contributed by atoms with E-state index in [2.05, 4.69) is 10.3 Å². The van der Waals surface area contributed by atoms with Crippen LogP contribution in [0.2, 0.25) is 0 Å². The Hall–Kier alpha value is -3.19. The van der Waals surface area contributed by atoms with Gasteiger partial charge in [-0.1, -0.05) is 12.1 Å². The van der Waals surface area contributed by atoms with Crippen LogP contribution in [0.1, 0.15) is 16.1 Å². The summed E-state index contributed by atoms with van der Waals surface area (Å²) in [4.78, 5) is 16.7. The van der Waals surface area contributed by atoms with Crippen molar-refractivity contribution in [3.05, 3.63) is 78.1 Å². The zero-order valence-electron chi connectivity index (χ0n) is 14.1.